The van der Waals surface area contributed by atoms with E-state index in [4.69, 9.17) is 0 Å². The SMILES string of the molecule is CC(C)C(C#N)C(c1cc[nH]c1)N(C)C. The van der Waals surface area contributed by atoms with E-state index < -0.39 is 0 Å². The third-order valence-corrected chi connectivity index (χ3v) is 2.73. The van der Waals surface area contributed by atoms with Gasteiger partial charge < -0.3 is 9.88 Å². The van der Waals surface area contributed by atoms with Crippen molar-refractivity contribution in [3.8, 4) is 6.07 Å². The average molecular weight is 205 g/mol. The van der Waals surface area contributed by atoms with Gasteiger partial charge in [0, 0.05) is 12.4 Å². The van der Waals surface area contributed by atoms with Crippen molar-refractivity contribution in [2.45, 2.75) is 19.9 Å². The Morgan fingerprint density at radius 3 is 2.40 bits per heavy atom. The zero-order valence-corrected chi connectivity index (χ0v) is 9.86. The molecule has 1 heterocycles. The minimum Gasteiger partial charge on any atom is -0.367 e. The van der Waals surface area contributed by atoms with E-state index in [0.717, 1.165) is 0 Å². The number of rotatable bonds is 4. The Balaban J connectivity index is 2.98. The van der Waals surface area contributed by atoms with E-state index in [-0.39, 0.29) is 12.0 Å². The van der Waals surface area contributed by atoms with Crippen molar-refractivity contribution in [3.63, 3.8) is 0 Å². The van der Waals surface area contributed by atoms with Gasteiger partial charge in [-0.15, -0.1) is 0 Å². The monoisotopic (exact) mass is 205 g/mol. The lowest BCUT2D eigenvalue weighted by Gasteiger charge is -2.30. The Morgan fingerprint density at radius 1 is 1.40 bits per heavy atom. The van der Waals surface area contributed by atoms with Crippen LogP contribution in [-0.2, 0) is 0 Å². The summed E-state index contributed by atoms with van der Waals surface area (Å²) < 4.78 is 0. The Kier molecular flexibility index (Phi) is 3.93. The van der Waals surface area contributed by atoms with E-state index in [1.165, 1.54) is 5.56 Å². The number of aromatic nitrogens is 1. The van der Waals surface area contributed by atoms with Crippen LogP contribution in [0.15, 0.2) is 18.5 Å². The van der Waals surface area contributed by atoms with Gasteiger partial charge in [-0.3, -0.25) is 0 Å². The molecule has 0 saturated heterocycles. The van der Waals surface area contributed by atoms with Crippen LogP contribution < -0.4 is 0 Å². The molecule has 1 aromatic rings. The summed E-state index contributed by atoms with van der Waals surface area (Å²) in [5.74, 6) is 0.382. The normalized spacial score (nSPS) is 15.3. The Morgan fingerprint density at radius 2 is 2.07 bits per heavy atom. The molecule has 0 spiro atoms. The molecule has 3 heteroatoms. The maximum absolute atomic E-state index is 9.23. The van der Waals surface area contributed by atoms with Gasteiger partial charge in [-0.05, 0) is 31.6 Å². The lowest BCUT2D eigenvalue weighted by molar-refractivity contribution is 0.210. The molecule has 0 amide bonds. The Bertz CT molecular complexity index is 319. The number of nitrogens with zero attached hydrogens (tertiary/aromatic N) is 2. The highest BCUT2D eigenvalue weighted by Gasteiger charge is 2.27. The highest BCUT2D eigenvalue weighted by molar-refractivity contribution is 5.18. The summed E-state index contributed by atoms with van der Waals surface area (Å²) in [7, 11) is 4.04. The second-order valence-corrected chi connectivity index (χ2v) is 4.45. The van der Waals surface area contributed by atoms with Crippen molar-refractivity contribution >= 4 is 0 Å². The topological polar surface area (TPSA) is 42.8 Å². The molecule has 1 aromatic heterocycles. The fourth-order valence-corrected chi connectivity index (χ4v) is 1.93. The molecule has 1 rings (SSSR count). The van der Waals surface area contributed by atoms with Crippen molar-refractivity contribution in [1.82, 2.24) is 9.88 Å². The summed E-state index contributed by atoms with van der Waals surface area (Å²) in [4.78, 5) is 5.16. The maximum Gasteiger partial charge on any atom is 0.0683 e. The van der Waals surface area contributed by atoms with Gasteiger partial charge in [0.15, 0.2) is 0 Å². The Hall–Kier alpha value is -1.27. The van der Waals surface area contributed by atoms with Crippen LogP contribution in [0.2, 0.25) is 0 Å². The molecule has 0 bridgehead atoms. The zero-order valence-electron chi connectivity index (χ0n) is 9.86. The van der Waals surface area contributed by atoms with E-state index in [9.17, 15) is 5.26 Å². The summed E-state index contributed by atoms with van der Waals surface area (Å²) in [6, 6.07) is 4.62. The molecule has 0 aliphatic carbocycles. The summed E-state index contributed by atoms with van der Waals surface area (Å²) >= 11 is 0. The molecular formula is C12H19N3. The maximum atomic E-state index is 9.23. The molecule has 2 unspecified atom stereocenters. The lowest BCUT2D eigenvalue weighted by atomic mass is 9.86. The van der Waals surface area contributed by atoms with Crippen LogP contribution in [0.25, 0.3) is 0 Å². The second-order valence-electron chi connectivity index (χ2n) is 4.45. The van der Waals surface area contributed by atoms with E-state index >= 15 is 0 Å². The van der Waals surface area contributed by atoms with Gasteiger partial charge in [0.05, 0.1) is 18.0 Å². The smallest absolute Gasteiger partial charge is 0.0683 e. The largest absolute Gasteiger partial charge is 0.367 e. The van der Waals surface area contributed by atoms with Crippen molar-refractivity contribution < 1.29 is 0 Å². The quantitative estimate of drug-likeness (QED) is 0.820. The molecular weight excluding hydrogens is 186 g/mol. The Labute approximate surface area is 91.7 Å². The molecule has 1 N–H and O–H groups in total. The highest BCUT2D eigenvalue weighted by Crippen LogP contribution is 2.31. The van der Waals surface area contributed by atoms with E-state index in [1.54, 1.807) is 0 Å². The first-order chi connectivity index (χ1) is 7.07. The van der Waals surface area contributed by atoms with Crippen LogP contribution in [0.3, 0.4) is 0 Å². The molecule has 0 aliphatic rings. The standard InChI is InChI=1S/C12H19N3/c1-9(2)11(7-13)12(15(3)4)10-5-6-14-8-10/h5-6,8-9,11-12,14H,1-4H3. The first-order valence-electron chi connectivity index (χ1n) is 5.26. The summed E-state index contributed by atoms with van der Waals surface area (Å²) in [5, 5.41) is 9.23. The minimum absolute atomic E-state index is 0.0239. The van der Waals surface area contributed by atoms with E-state index in [2.05, 4.69) is 29.8 Å². The summed E-state index contributed by atoms with van der Waals surface area (Å²) in [6.45, 7) is 4.19. The first-order valence-corrected chi connectivity index (χ1v) is 5.26. The van der Waals surface area contributed by atoms with Gasteiger partial charge in [-0.1, -0.05) is 13.8 Å². The third kappa shape index (κ3) is 2.60. The third-order valence-electron chi connectivity index (χ3n) is 2.73. The van der Waals surface area contributed by atoms with Gasteiger partial charge in [0.25, 0.3) is 0 Å². The number of aromatic amines is 1. The second kappa shape index (κ2) is 4.99. The minimum atomic E-state index is 0.0239. The predicted molar refractivity (Wildman–Crippen MR) is 61.2 cm³/mol. The van der Waals surface area contributed by atoms with Crippen LogP contribution in [0.5, 0.6) is 0 Å². The molecule has 2 atom stereocenters. The van der Waals surface area contributed by atoms with Gasteiger partial charge >= 0.3 is 0 Å². The zero-order chi connectivity index (χ0) is 11.4. The van der Waals surface area contributed by atoms with Crippen LogP contribution in [0.1, 0.15) is 25.5 Å². The van der Waals surface area contributed by atoms with Gasteiger partial charge in [0.1, 0.15) is 0 Å². The fraction of sp³-hybridized carbons (Fsp3) is 0.583. The number of hydrogen-bond acceptors (Lipinski definition) is 2. The van der Waals surface area contributed by atoms with Gasteiger partial charge in [-0.25, -0.2) is 0 Å². The molecule has 0 aliphatic heterocycles. The van der Waals surface area contributed by atoms with E-state index in [1.807, 2.05) is 32.6 Å². The number of hydrogen-bond donors (Lipinski definition) is 1. The van der Waals surface area contributed by atoms with Crippen molar-refractivity contribution in [2.24, 2.45) is 11.8 Å². The average Bonchev–Trinajstić information content (AvgIpc) is 2.64. The number of nitriles is 1. The highest BCUT2D eigenvalue weighted by atomic mass is 15.1. The van der Waals surface area contributed by atoms with Crippen molar-refractivity contribution in [1.29, 1.82) is 5.26 Å². The van der Waals surface area contributed by atoms with Crippen LogP contribution >= 0.6 is 0 Å². The van der Waals surface area contributed by atoms with E-state index in [0.29, 0.717) is 5.92 Å². The molecule has 0 radical (unpaired) electrons. The molecule has 3 nitrogen and oxygen atoms in total. The van der Waals surface area contributed by atoms with Crippen LogP contribution in [0, 0.1) is 23.2 Å². The number of nitrogens with one attached hydrogen (secondary N) is 1. The molecule has 0 saturated carbocycles. The first kappa shape index (κ1) is 11.8. The predicted octanol–water partition coefficient (Wildman–Crippen LogP) is 2.41. The summed E-state index contributed by atoms with van der Waals surface area (Å²) in [5.41, 5.74) is 1.18. The number of H-pyrrole nitrogens is 1. The fourth-order valence-electron chi connectivity index (χ4n) is 1.93. The summed E-state index contributed by atoms with van der Waals surface area (Å²) in [6.07, 6.45) is 3.87. The van der Waals surface area contributed by atoms with Crippen LogP contribution in [-0.4, -0.2) is 24.0 Å². The van der Waals surface area contributed by atoms with Gasteiger partial charge in [0.2, 0.25) is 0 Å². The lowest BCUT2D eigenvalue weighted by Crippen LogP contribution is -2.29. The molecule has 15 heavy (non-hydrogen) atoms. The molecule has 82 valence electrons. The van der Waals surface area contributed by atoms with Gasteiger partial charge in [-0.2, -0.15) is 5.26 Å². The molecule has 0 aromatic carbocycles. The molecule has 0 fully saturated rings. The van der Waals surface area contributed by atoms with Crippen molar-refractivity contribution in [3.05, 3.63) is 24.0 Å². The van der Waals surface area contributed by atoms with Crippen molar-refractivity contribution in [2.75, 3.05) is 14.1 Å². The van der Waals surface area contributed by atoms with Crippen LogP contribution in [0.4, 0.5) is 0 Å².